The van der Waals surface area contributed by atoms with E-state index < -0.39 is 275 Å². The molecule has 0 bridgehead atoms. The topological polar surface area (TPSA) is 531 Å². The van der Waals surface area contributed by atoms with Gasteiger partial charge in [-0.2, -0.15) is 0 Å². The summed E-state index contributed by atoms with van der Waals surface area (Å²) in [6.07, 6.45) is -45.9. The number of fused-ring (bicyclic) bond motifs is 7. The third-order valence-electron chi connectivity index (χ3n) is 25.8. The fraction of sp³-hybridized carbons (Fsp3) is 0.955. The standard InChI is InChI=1S/C67H108O34/c1-25-47(96-55-45(83)48(32(73)21-90-55)97-54-43(81)38(76)30(71)19-89-54)49(98-59-51(85)66(87,23-68)24-93-59)46(84)57(94-25)99-50-39(77)31(72)20-91-58(50)101-60(86)67-14-13-61(2,3)15-27(67)26-9-10-35-63(6)16-28(69)52(62(4,5)34(63)11-12-64(35,7)65(26,8)17-36(67)74)100-56-44(82)41(79)40(78)33(95-56)22-92-53-42(80)37(75)29(70)18-88-53/h9,25,27-59,68-85,87H,10-24H2,1-8H3/t25-,27-,28+,29-,30+,31+,32-,33+,34-,35+,36+,37-,38-,39-,40+,41-,42+,43+,44+,45+,46+,47-,48-,49-,50+,51-,52-,53-,54-,55-,56-,57-,58-,59-,63-,64+,65+,66+,67+/m0/s1. The minimum atomic E-state index is -2.25. The molecule has 7 aliphatic heterocycles. The number of hydrogen-bond donors (Lipinski definition) is 19. The summed E-state index contributed by atoms with van der Waals surface area (Å²) in [5, 5.41) is 211. The van der Waals surface area contributed by atoms with E-state index in [1.54, 1.807) is 0 Å². The van der Waals surface area contributed by atoms with Gasteiger partial charge in [-0.15, -0.1) is 0 Å². The maximum atomic E-state index is 15.8. The lowest BCUT2D eigenvalue weighted by molar-refractivity contribution is -0.386. The summed E-state index contributed by atoms with van der Waals surface area (Å²) < 4.78 is 83.2. The van der Waals surface area contributed by atoms with Crippen molar-refractivity contribution < 1.29 is 168 Å². The average Bonchev–Trinajstić information content (AvgIpc) is 0.907. The highest BCUT2D eigenvalue weighted by molar-refractivity contribution is 5.80. The van der Waals surface area contributed by atoms with Crippen molar-refractivity contribution in [3.05, 3.63) is 11.6 Å². The van der Waals surface area contributed by atoms with E-state index in [-0.39, 0.29) is 43.1 Å². The van der Waals surface area contributed by atoms with E-state index in [0.29, 0.717) is 32.1 Å². The summed E-state index contributed by atoms with van der Waals surface area (Å²) in [6, 6.07) is 0. The van der Waals surface area contributed by atoms with Crippen molar-refractivity contribution in [3.8, 4) is 0 Å². The van der Waals surface area contributed by atoms with E-state index in [0.717, 1.165) is 5.57 Å². The number of aliphatic hydroxyl groups excluding tert-OH is 18. The van der Waals surface area contributed by atoms with E-state index in [1.165, 1.54) is 6.92 Å². The molecule has 7 saturated heterocycles. The Bertz CT molecular complexity index is 2900. The molecule has 34 heteroatoms. The number of aliphatic hydroxyl groups is 19. The van der Waals surface area contributed by atoms with Crippen LogP contribution in [-0.2, 0) is 71.1 Å². The lowest BCUT2D eigenvalue weighted by Gasteiger charge is -2.72. The van der Waals surface area contributed by atoms with E-state index in [4.69, 9.17) is 66.3 Å². The molecule has 0 spiro atoms. The fourth-order valence-corrected chi connectivity index (χ4v) is 19.7. The third-order valence-corrected chi connectivity index (χ3v) is 25.8. The van der Waals surface area contributed by atoms with Crippen LogP contribution < -0.4 is 0 Å². The Hall–Kier alpha value is -2.07. The van der Waals surface area contributed by atoms with Crippen LogP contribution in [0.3, 0.4) is 0 Å². The maximum absolute atomic E-state index is 15.8. The first-order valence-corrected chi connectivity index (χ1v) is 35.4. The fourth-order valence-electron chi connectivity index (χ4n) is 19.7. The van der Waals surface area contributed by atoms with Crippen LogP contribution in [0, 0.1) is 50.2 Å². The zero-order chi connectivity index (χ0) is 73.5. The zero-order valence-corrected chi connectivity index (χ0v) is 57.9. The molecule has 0 radical (unpaired) electrons. The van der Waals surface area contributed by atoms with Gasteiger partial charge in [-0.1, -0.05) is 60.1 Å². The molecular formula is C67H108O34. The number of allylic oxidation sites excluding steroid dienone is 2. The molecule has 0 amide bonds. The number of ether oxygens (including phenoxy) is 14. The van der Waals surface area contributed by atoms with Gasteiger partial charge in [0.15, 0.2) is 43.8 Å². The van der Waals surface area contributed by atoms with Crippen molar-refractivity contribution >= 4 is 5.97 Å². The second kappa shape index (κ2) is 29.1. The van der Waals surface area contributed by atoms with Crippen LogP contribution in [0.15, 0.2) is 11.6 Å². The van der Waals surface area contributed by atoms with Gasteiger partial charge in [0.1, 0.15) is 127 Å². The summed E-state index contributed by atoms with van der Waals surface area (Å²) >= 11 is 0. The van der Waals surface area contributed by atoms with Crippen LogP contribution in [-0.4, -0.2) is 345 Å². The molecule has 4 saturated carbocycles. The number of rotatable bonds is 16. The molecule has 7 heterocycles. The van der Waals surface area contributed by atoms with Crippen LogP contribution in [0.4, 0.5) is 0 Å². The third kappa shape index (κ3) is 13.5. The first-order valence-electron chi connectivity index (χ1n) is 35.4. The van der Waals surface area contributed by atoms with Crippen LogP contribution >= 0.6 is 0 Å². The SMILES string of the molecule is C[C@@H]1O[C@@H](O[C@H]2[C@H](OC(=O)[C@]34CCC(C)(C)C[C@H]3C3=CC[C@@H]5[C@@]6(C)C[C@@H](O)[C@H](O[C@@H]7O[C@H](CO[C@@H]8OC[C@H](O)[C@H](O)[C@H]8O)[C@@H](O)[C@H](O)[C@H]7O)C(C)(C)[C@@H]6CC[C@@]5(C)[C@]3(C)C[C@H]4O)OC[C@@H](O)[C@@H]2O)[C@H](O)[C@H](O[C@@H]2OC[C@](O)(CO)[C@H]2O)[C@H]1O[C@@H]1OC[C@H](O)[C@H](O[C@@H]2OC[C@@H](O)[C@H](O)[C@H]2O)[C@H]1O. The lowest BCUT2D eigenvalue weighted by atomic mass is 9.33. The van der Waals surface area contributed by atoms with Gasteiger partial charge in [-0.3, -0.25) is 4.79 Å². The molecule has 0 unspecified atom stereocenters. The highest BCUT2D eigenvalue weighted by Crippen LogP contribution is 2.76. The highest BCUT2D eigenvalue weighted by Gasteiger charge is 2.73. The van der Waals surface area contributed by atoms with Gasteiger partial charge in [0.25, 0.3) is 0 Å². The highest BCUT2D eigenvalue weighted by atomic mass is 16.8. The Kier molecular flexibility index (Phi) is 22.6. The van der Waals surface area contributed by atoms with Crippen molar-refractivity contribution in [1.82, 2.24) is 0 Å². The predicted molar refractivity (Wildman–Crippen MR) is 332 cm³/mol. The molecule has 12 aliphatic rings. The van der Waals surface area contributed by atoms with Crippen molar-refractivity contribution in [2.75, 3.05) is 46.2 Å². The number of carbonyl (C=O) groups excluding carboxylic acids is 1. The Balaban J connectivity index is 0.767. The monoisotopic (exact) mass is 1460 g/mol. The molecule has 5 aliphatic carbocycles. The van der Waals surface area contributed by atoms with Crippen LogP contribution in [0.2, 0.25) is 0 Å². The molecule has 19 N–H and O–H groups in total. The molecule has 11 fully saturated rings. The van der Waals surface area contributed by atoms with E-state index in [2.05, 4.69) is 40.7 Å². The second-order valence-corrected chi connectivity index (χ2v) is 32.9. The van der Waals surface area contributed by atoms with Gasteiger partial charge >= 0.3 is 5.97 Å². The second-order valence-electron chi connectivity index (χ2n) is 32.9. The Morgan fingerprint density at radius 2 is 1.07 bits per heavy atom. The van der Waals surface area contributed by atoms with Gasteiger partial charge in [0.2, 0.25) is 6.29 Å². The Morgan fingerprint density at radius 3 is 1.72 bits per heavy atom. The number of esters is 1. The van der Waals surface area contributed by atoms with Gasteiger partial charge in [-0.05, 0) is 103 Å². The zero-order valence-electron chi connectivity index (χ0n) is 57.9. The molecule has 101 heavy (non-hydrogen) atoms. The molecule has 580 valence electrons. The quantitative estimate of drug-likeness (QED) is 0.0388. The van der Waals surface area contributed by atoms with Crippen molar-refractivity contribution in [1.29, 1.82) is 0 Å². The normalized spacial score (nSPS) is 55.1. The van der Waals surface area contributed by atoms with Crippen LogP contribution in [0.25, 0.3) is 0 Å². The smallest absolute Gasteiger partial charge is 0.317 e. The summed E-state index contributed by atoms with van der Waals surface area (Å²) in [5.74, 6) is -1.78. The van der Waals surface area contributed by atoms with E-state index >= 15 is 4.79 Å². The molecule has 12 rings (SSSR count). The van der Waals surface area contributed by atoms with Crippen LogP contribution in [0.5, 0.6) is 0 Å². The minimum absolute atomic E-state index is 0.0948. The van der Waals surface area contributed by atoms with Crippen molar-refractivity contribution in [2.24, 2.45) is 50.2 Å². The summed E-state index contributed by atoms with van der Waals surface area (Å²) in [7, 11) is 0. The first kappa shape index (κ1) is 78.5. The summed E-state index contributed by atoms with van der Waals surface area (Å²) in [6.45, 7) is 12.0. The van der Waals surface area contributed by atoms with E-state index in [9.17, 15) is 97.0 Å². The Labute approximate surface area is 583 Å². The Morgan fingerprint density at radius 1 is 0.515 bits per heavy atom. The van der Waals surface area contributed by atoms with Gasteiger partial charge in [0, 0.05) is 0 Å². The minimum Gasteiger partial charge on any atom is -0.432 e. The largest absolute Gasteiger partial charge is 0.432 e. The van der Waals surface area contributed by atoms with E-state index in [1.807, 2.05) is 13.8 Å². The molecule has 0 aromatic rings. The van der Waals surface area contributed by atoms with Gasteiger partial charge in [-0.25, -0.2) is 0 Å². The van der Waals surface area contributed by atoms with Crippen LogP contribution in [0.1, 0.15) is 107 Å². The van der Waals surface area contributed by atoms with Crippen molar-refractivity contribution in [3.63, 3.8) is 0 Å². The summed E-state index contributed by atoms with van der Waals surface area (Å²) in [5.41, 5.74) is -6.06. The first-order chi connectivity index (χ1) is 47.3. The van der Waals surface area contributed by atoms with Gasteiger partial charge in [0.05, 0.1) is 70.7 Å². The van der Waals surface area contributed by atoms with Gasteiger partial charge < -0.3 is 163 Å². The summed E-state index contributed by atoms with van der Waals surface area (Å²) in [4.78, 5) is 15.8. The molecule has 39 atom stereocenters. The number of hydrogen-bond acceptors (Lipinski definition) is 34. The maximum Gasteiger partial charge on any atom is 0.317 e. The number of carbonyl (C=O) groups is 1. The molecular weight excluding hydrogens is 1350 g/mol. The predicted octanol–water partition coefficient (Wildman–Crippen LogP) is -6.40. The molecule has 34 nitrogen and oxygen atoms in total. The molecule has 0 aromatic carbocycles. The lowest BCUT2D eigenvalue weighted by Crippen LogP contribution is -2.70. The molecule has 0 aromatic heterocycles. The van der Waals surface area contributed by atoms with Crippen molar-refractivity contribution in [2.45, 2.75) is 303 Å². The average molecular weight is 1460 g/mol.